The average Bonchev–Trinajstić information content (AvgIpc) is 2.37. The van der Waals surface area contributed by atoms with Crippen molar-refractivity contribution in [1.29, 1.82) is 5.26 Å². The van der Waals surface area contributed by atoms with Crippen LogP contribution in [0.15, 0.2) is 21.4 Å². The molecule has 0 radical (unpaired) electrons. The molecule has 0 spiro atoms. The van der Waals surface area contributed by atoms with Crippen LogP contribution in [0.5, 0.6) is 0 Å². The quantitative estimate of drug-likeness (QED) is 0.750. The van der Waals surface area contributed by atoms with E-state index in [9.17, 15) is 9.59 Å². The lowest BCUT2D eigenvalue weighted by atomic mass is 10.1. The Hall–Kier alpha value is -2.09. The van der Waals surface area contributed by atoms with Gasteiger partial charge in [-0.05, 0) is 18.9 Å². The van der Waals surface area contributed by atoms with Gasteiger partial charge in [0.1, 0.15) is 0 Å². The zero-order valence-corrected chi connectivity index (χ0v) is 10.9. The van der Waals surface area contributed by atoms with Crippen LogP contribution < -0.4 is 11.2 Å². The van der Waals surface area contributed by atoms with Crippen LogP contribution in [0.2, 0.25) is 0 Å². The first kappa shape index (κ1) is 14.0. The maximum atomic E-state index is 11.9. The van der Waals surface area contributed by atoms with Crippen LogP contribution in [0, 0.1) is 11.3 Å². The molecule has 0 fully saturated rings. The Morgan fingerprint density at radius 2 is 2.11 bits per heavy atom. The molecule has 5 heteroatoms. The summed E-state index contributed by atoms with van der Waals surface area (Å²) in [5.41, 5.74) is 0.186. The molecule has 0 aromatic carbocycles. The second-order valence-corrected chi connectivity index (χ2v) is 4.23. The van der Waals surface area contributed by atoms with Crippen molar-refractivity contribution >= 4 is 6.08 Å². The third kappa shape index (κ3) is 2.98. The molecule has 96 valence electrons. The van der Waals surface area contributed by atoms with Crippen molar-refractivity contribution in [3.8, 4) is 6.07 Å². The molecule has 0 atom stereocenters. The SMILES string of the molecule is CCCC/C(C#N)=C/c1cn(C)c(=O)n(C)c1=O. The zero-order valence-electron chi connectivity index (χ0n) is 10.9. The van der Waals surface area contributed by atoms with Gasteiger partial charge in [0.25, 0.3) is 5.56 Å². The van der Waals surface area contributed by atoms with E-state index in [1.54, 1.807) is 13.1 Å². The number of rotatable bonds is 4. The predicted octanol–water partition coefficient (Wildman–Crippen LogP) is 1.18. The molecule has 1 rings (SSSR count). The lowest BCUT2D eigenvalue weighted by Gasteiger charge is -2.04. The molecule has 0 aliphatic carbocycles. The Kier molecular flexibility index (Phi) is 4.67. The molecule has 5 nitrogen and oxygen atoms in total. The van der Waals surface area contributed by atoms with Crippen molar-refractivity contribution in [2.24, 2.45) is 14.1 Å². The highest BCUT2D eigenvalue weighted by Crippen LogP contribution is 2.09. The molecule has 0 amide bonds. The van der Waals surface area contributed by atoms with Gasteiger partial charge in [0.05, 0.1) is 11.6 Å². The predicted molar refractivity (Wildman–Crippen MR) is 70.0 cm³/mol. The molecule has 0 saturated carbocycles. The molecule has 0 bridgehead atoms. The smallest absolute Gasteiger partial charge is 0.303 e. The summed E-state index contributed by atoms with van der Waals surface area (Å²) in [6, 6.07) is 2.09. The molecule has 0 saturated heterocycles. The highest BCUT2D eigenvalue weighted by molar-refractivity contribution is 5.55. The minimum absolute atomic E-state index is 0.368. The van der Waals surface area contributed by atoms with E-state index >= 15 is 0 Å². The van der Waals surface area contributed by atoms with Crippen molar-refractivity contribution in [3.05, 3.63) is 38.2 Å². The van der Waals surface area contributed by atoms with Gasteiger partial charge < -0.3 is 4.57 Å². The maximum absolute atomic E-state index is 11.9. The van der Waals surface area contributed by atoms with Crippen molar-refractivity contribution in [2.75, 3.05) is 0 Å². The summed E-state index contributed by atoms with van der Waals surface area (Å²) in [6.07, 6.45) is 5.58. The summed E-state index contributed by atoms with van der Waals surface area (Å²) in [7, 11) is 3.01. The van der Waals surface area contributed by atoms with Gasteiger partial charge in [-0.15, -0.1) is 0 Å². The molecular formula is C13H17N3O2. The minimum atomic E-state index is -0.373. The fourth-order valence-electron chi connectivity index (χ4n) is 1.65. The van der Waals surface area contributed by atoms with Crippen LogP contribution in [0.3, 0.4) is 0 Å². The Morgan fingerprint density at radius 3 is 2.67 bits per heavy atom. The van der Waals surface area contributed by atoms with E-state index in [1.807, 2.05) is 6.92 Å². The van der Waals surface area contributed by atoms with E-state index < -0.39 is 0 Å². The first-order valence-electron chi connectivity index (χ1n) is 5.88. The standard InChI is InChI=1S/C13H17N3O2/c1-4-5-6-10(8-14)7-11-9-15(2)13(18)16(3)12(11)17/h7,9H,4-6H2,1-3H3/b10-7-. The highest BCUT2D eigenvalue weighted by atomic mass is 16.2. The molecule has 0 N–H and O–H groups in total. The number of aryl methyl sites for hydroxylation is 1. The number of hydrogen-bond donors (Lipinski definition) is 0. The van der Waals surface area contributed by atoms with E-state index in [0.717, 1.165) is 17.4 Å². The molecule has 1 aromatic heterocycles. The number of aromatic nitrogens is 2. The van der Waals surface area contributed by atoms with Crippen LogP contribution >= 0.6 is 0 Å². The second-order valence-electron chi connectivity index (χ2n) is 4.23. The van der Waals surface area contributed by atoms with Crippen LogP contribution in [0.25, 0.3) is 6.08 Å². The number of nitriles is 1. The average molecular weight is 247 g/mol. The van der Waals surface area contributed by atoms with Crippen molar-refractivity contribution in [3.63, 3.8) is 0 Å². The van der Waals surface area contributed by atoms with Crippen molar-refractivity contribution in [1.82, 2.24) is 9.13 Å². The van der Waals surface area contributed by atoms with E-state index in [-0.39, 0.29) is 11.2 Å². The normalized spacial score (nSPS) is 11.3. The third-order valence-electron chi connectivity index (χ3n) is 2.75. The lowest BCUT2D eigenvalue weighted by Crippen LogP contribution is -2.37. The van der Waals surface area contributed by atoms with Crippen molar-refractivity contribution < 1.29 is 0 Å². The van der Waals surface area contributed by atoms with Crippen LogP contribution in [-0.4, -0.2) is 9.13 Å². The Bertz CT molecular complexity index is 615. The van der Waals surface area contributed by atoms with E-state index in [4.69, 9.17) is 5.26 Å². The molecule has 0 unspecified atom stereocenters. The monoisotopic (exact) mass is 247 g/mol. The molecule has 0 aliphatic rings. The summed E-state index contributed by atoms with van der Waals surface area (Å²) in [5, 5.41) is 9.00. The first-order chi connectivity index (χ1) is 8.51. The first-order valence-corrected chi connectivity index (χ1v) is 5.88. The van der Waals surface area contributed by atoms with Gasteiger partial charge in [-0.25, -0.2) is 4.79 Å². The van der Waals surface area contributed by atoms with Gasteiger partial charge in [-0.2, -0.15) is 5.26 Å². The summed E-state index contributed by atoms with van der Waals surface area (Å²) < 4.78 is 2.38. The topological polar surface area (TPSA) is 67.8 Å². The lowest BCUT2D eigenvalue weighted by molar-refractivity contribution is 0.683. The highest BCUT2D eigenvalue weighted by Gasteiger charge is 2.05. The summed E-state index contributed by atoms with van der Waals surface area (Å²) in [6.45, 7) is 2.04. The van der Waals surface area contributed by atoms with Crippen molar-refractivity contribution in [2.45, 2.75) is 26.2 Å². The third-order valence-corrected chi connectivity index (χ3v) is 2.75. The summed E-state index contributed by atoms with van der Waals surface area (Å²) >= 11 is 0. The Labute approximate surface area is 106 Å². The molecule has 18 heavy (non-hydrogen) atoms. The largest absolute Gasteiger partial charge is 0.330 e. The van der Waals surface area contributed by atoms with Gasteiger partial charge in [0, 0.05) is 25.9 Å². The Balaban J connectivity index is 3.27. The molecule has 0 aliphatic heterocycles. The van der Waals surface area contributed by atoms with E-state index in [2.05, 4.69) is 6.07 Å². The number of nitrogens with zero attached hydrogens (tertiary/aromatic N) is 3. The minimum Gasteiger partial charge on any atom is -0.303 e. The summed E-state index contributed by atoms with van der Waals surface area (Å²) in [5.74, 6) is 0. The fraction of sp³-hybridized carbons (Fsp3) is 0.462. The molecule has 1 aromatic rings. The van der Waals surface area contributed by atoms with E-state index in [0.29, 0.717) is 17.6 Å². The van der Waals surface area contributed by atoms with Crippen LogP contribution in [0.4, 0.5) is 0 Å². The molecular weight excluding hydrogens is 230 g/mol. The number of allylic oxidation sites excluding steroid dienone is 1. The van der Waals surface area contributed by atoms with Crippen LogP contribution in [0.1, 0.15) is 31.7 Å². The van der Waals surface area contributed by atoms with Gasteiger partial charge in [0.2, 0.25) is 0 Å². The number of hydrogen-bond acceptors (Lipinski definition) is 3. The Morgan fingerprint density at radius 1 is 1.44 bits per heavy atom. The molecule has 1 heterocycles. The summed E-state index contributed by atoms with van der Waals surface area (Å²) in [4.78, 5) is 23.4. The van der Waals surface area contributed by atoms with Gasteiger partial charge >= 0.3 is 5.69 Å². The fourth-order valence-corrected chi connectivity index (χ4v) is 1.65. The number of unbranched alkanes of at least 4 members (excludes halogenated alkanes) is 1. The van der Waals surface area contributed by atoms with Crippen LogP contribution in [-0.2, 0) is 14.1 Å². The van der Waals surface area contributed by atoms with E-state index in [1.165, 1.54) is 17.8 Å². The zero-order chi connectivity index (χ0) is 13.7. The van der Waals surface area contributed by atoms with Gasteiger partial charge in [-0.3, -0.25) is 9.36 Å². The van der Waals surface area contributed by atoms with Gasteiger partial charge in [-0.1, -0.05) is 13.3 Å². The second kappa shape index (κ2) is 6.01. The van der Waals surface area contributed by atoms with Gasteiger partial charge in [0.15, 0.2) is 0 Å². The maximum Gasteiger partial charge on any atom is 0.330 e.